The van der Waals surface area contributed by atoms with Crippen molar-refractivity contribution in [3.63, 3.8) is 0 Å². The number of rotatable bonds is 6. The zero-order valence-corrected chi connectivity index (χ0v) is 17.6. The molecule has 2 rings (SSSR count). The van der Waals surface area contributed by atoms with Gasteiger partial charge in [-0.3, -0.25) is 19.2 Å². The molecule has 0 saturated carbocycles. The van der Waals surface area contributed by atoms with Gasteiger partial charge < -0.3 is 23.7 Å². The first-order valence-corrected chi connectivity index (χ1v) is 9.45. The van der Waals surface area contributed by atoms with Crippen LogP contribution in [0.2, 0.25) is 0 Å². The predicted octanol–water partition coefficient (Wildman–Crippen LogP) is 1.79. The third-order valence-corrected chi connectivity index (χ3v) is 4.40. The van der Waals surface area contributed by atoms with Crippen LogP contribution >= 0.6 is 0 Å². The highest BCUT2D eigenvalue weighted by atomic mass is 16.7. The van der Waals surface area contributed by atoms with E-state index in [1.54, 1.807) is 12.1 Å². The van der Waals surface area contributed by atoms with Gasteiger partial charge in [-0.2, -0.15) is 0 Å². The summed E-state index contributed by atoms with van der Waals surface area (Å²) in [7, 11) is 0. The maximum absolute atomic E-state index is 11.8. The van der Waals surface area contributed by atoms with Crippen LogP contribution < -0.4 is 0 Å². The summed E-state index contributed by atoms with van der Waals surface area (Å²) in [5.74, 6) is -2.51. The molecular formula is C21H26O9. The van der Waals surface area contributed by atoms with E-state index in [4.69, 9.17) is 23.7 Å². The lowest BCUT2D eigenvalue weighted by Gasteiger charge is -2.44. The summed E-state index contributed by atoms with van der Waals surface area (Å²) >= 11 is 0. The molecule has 0 aromatic heterocycles. The molecule has 1 fully saturated rings. The van der Waals surface area contributed by atoms with Gasteiger partial charge in [0.15, 0.2) is 18.3 Å². The predicted molar refractivity (Wildman–Crippen MR) is 102 cm³/mol. The number of aryl methyl sites for hydroxylation is 1. The Morgan fingerprint density at radius 2 is 1.27 bits per heavy atom. The molecule has 5 unspecified atom stereocenters. The smallest absolute Gasteiger partial charge is 0.303 e. The number of hydrogen-bond donors (Lipinski definition) is 0. The fraction of sp³-hybridized carbons (Fsp3) is 0.524. The van der Waals surface area contributed by atoms with Crippen molar-refractivity contribution in [1.29, 1.82) is 0 Å². The number of carbonyl (C=O) groups is 4. The third-order valence-electron chi connectivity index (χ3n) is 4.40. The van der Waals surface area contributed by atoms with Crippen LogP contribution in [0.4, 0.5) is 0 Å². The van der Waals surface area contributed by atoms with Gasteiger partial charge in [-0.1, -0.05) is 29.8 Å². The normalized spacial score (nSPS) is 25.7. The summed E-state index contributed by atoms with van der Waals surface area (Å²) in [4.78, 5) is 46.7. The zero-order chi connectivity index (χ0) is 22.4. The average molecular weight is 422 g/mol. The highest BCUT2D eigenvalue weighted by molar-refractivity contribution is 5.68. The maximum Gasteiger partial charge on any atom is 0.303 e. The molecule has 1 aromatic rings. The monoisotopic (exact) mass is 422 g/mol. The first kappa shape index (κ1) is 23.3. The Morgan fingerprint density at radius 1 is 0.767 bits per heavy atom. The minimum Gasteiger partial charge on any atom is -0.463 e. The van der Waals surface area contributed by atoms with E-state index in [0.29, 0.717) is 5.56 Å². The summed E-state index contributed by atoms with van der Waals surface area (Å²) in [6, 6.07) is 7.28. The van der Waals surface area contributed by atoms with Crippen LogP contribution in [0.5, 0.6) is 0 Å². The van der Waals surface area contributed by atoms with Crippen molar-refractivity contribution in [3.05, 3.63) is 35.4 Å². The van der Waals surface area contributed by atoms with Crippen LogP contribution in [0, 0.1) is 6.92 Å². The van der Waals surface area contributed by atoms with Gasteiger partial charge in [0.25, 0.3) is 0 Å². The zero-order valence-electron chi connectivity index (χ0n) is 17.6. The Kier molecular flexibility index (Phi) is 7.93. The van der Waals surface area contributed by atoms with Gasteiger partial charge in [0.1, 0.15) is 18.8 Å². The molecule has 0 radical (unpaired) electrons. The number of esters is 4. The molecule has 30 heavy (non-hydrogen) atoms. The molecule has 0 N–H and O–H groups in total. The molecule has 5 atom stereocenters. The quantitative estimate of drug-likeness (QED) is 0.500. The minimum absolute atomic E-state index is 0.250. The van der Waals surface area contributed by atoms with Crippen molar-refractivity contribution >= 4 is 23.9 Å². The van der Waals surface area contributed by atoms with E-state index in [-0.39, 0.29) is 6.61 Å². The Hall–Kier alpha value is -2.94. The van der Waals surface area contributed by atoms with Crippen molar-refractivity contribution in [1.82, 2.24) is 0 Å². The van der Waals surface area contributed by atoms with Crippen molar-refractivity contribution in [2.45, 2.75) is 65.1 Å². The second kappa shape index (κ2) is 10.2. The summed E-state index contributed by atoms with van der Waals surface area (Å²) in [5.41, 5.74) is 1.66. The van der Waals surface area contributed by atoms with E-state index >= 15 is 0 Å². The minimum atomic E-state index is -1.17. The highest BCUT2D eigenvalue weighted by Crippen LogP contribution is 2.37. The molecule has 9 nitrogen and oxygen atoms in total. The Balaban J connectivity index is 2.51. The van der Waals surface area contributed by atoms with E-state index in [1.165, 1.54) is 27.7 Å². The first-order chi connectivity index (χ1) is 14.1. The molecule has 0 amide bonds. The Labute approximate surface area is 174 Å². The van der Waals surface area contributed by atoms with Crippen LogP contribution in [0.1, 0.15) is 44.9 Å². The number of hydrogen-bond acceptors (Lipinski definition) is 9. The van der Waals surface area contributed by atoms with Gasteiger partial charge in [-0.05, 0) is 12.5 Å². The van der Waals surface area contributed by atoms with Gasteiger partial charge in [0.2, 0.25) is 0 Å². The van der Waals surface area contributed by atoms with Crippen molar-refractivity contribution in [2.75, 3.05) is 6.61 Å². The maximum atomic E-state index is 11.8. The van der Waals surface area contributed by atoms with E-state index in [2.05, 4.69) is 0 Å². The Morgan fingerprint density at radius 3 is 1.77 bits per heavy atom. The fourth-order valence-electron chi connectivity index (χ4n) is 3.25. The molecule has 1 saturated heterocycles. The van der Waals surface area contributed by atoms with E-state index < -0.39 is 54.4 Å². The molecule has 0 bridgehead atoms. The van der Waals surface area contributed by atoms with Crippen molar-refractivity contribution in [3.8, 4) is 0 Å². The lowest BCUT2D eigenvalue weighted by Crippen LogP contribution is -2.59. The van der Waals surface area contributed by atoms with Crippen molar-refractivity contribution in [2.24, 2.45) is 0 Å². The van der Waals surface area contributed by atoms with Crippen LogP contribution in [0.15, 0.2) is 24.3 Å². The molecule has 9 heteroatoms. The molecule has 1 heterocycles. The molecule has 1 aliphatic heterocycles. The molecule has 164 valence electrons. The summed E-state index contributed by atoms with van der Waals surface area (Å²) in [6.45, 7) is 6.47. The highest BCUT2D eigenvalue weighted by Gasteiger charge is 2.52. The average Bonchev–Trinajstić information content (AvgIpc) is 2.63. The first-order valence-electron chi connectivity index (χ1n) is 9.45. The van der Waals surface area contributed by atoms with Gasteiger partial charge in [-0.25, -0.2) is 0 Å². The second-order valence-electron chi connectivity index (χ2n) is 7.03. The van der Waals surface area contributed by atoms with E-state index in [9.17, 15) is 19.2 Å². The molecule has 1 aromatic carbocycles. The Bertz CT molecular complexity index is 786. The lowest BCUT2D eigenvalue weighted by molar-refractivity contribution is -0.254. The number of benzene rings is 1. The van der Waals surface area contributed by atoms with Gasteiger partial charge in [0.05, 0.1) is 0 Å². The summed E-state index contributed by atoms with van der Waals surface area (Å²) < 4.78 is 27.3. The largest absolute Gasteiger partial charge is 0.463 e. The lowest BCUT2D eigenvalue weighted by atomic mass is 9.90. The summed E-state index contributed by atoms with van der Waals surface area (Å²) in [5, 5.41) is 0. The van der Waals surface area contributed by atoms with Crippen molar-refractivity contribution < 1.29 is 42.9 Å². The number of ether oxygens (including phenoxy) is 5. The molecular weight excluding hydrogens is 396 g/mol. The number of carbonyl (C=O) groups excluding carboxylic acids is 4. The third kappa shape index (κ3) is 6.28. The van der Waals surface area contributed by atoms with Crippen LogP contribution in [0.25, 0.3) is 0 Å². The molecule has 0 spiro atoms. The van der Waals surface area contributed by atoms with Gasteiger partial charge >= 0.3 is 23.9 Å². The van der Waals surface area contributed by atoms with E-state index in [1.807, 2.05) is 19.1 Å². The fourth-order valence-corrected chi connectivity index (χ4v) is 3.25. The van der Waals surface area contributed by atoms with Crippen LogP contribution in [-0.2, 0) is 42.9 Å². The SMILES string of the molecule is CC(=O)OCC1OC(c2ccc(C)cc2)C(OC(C)=O)C(OC(C)=O)C1OC(C)=O. The van der Waals surface area contributed by atoms with Gasteiger partial charge in [0, 0.05) is 27.7 Å². The van der Waals surface area contributed by atoms with Gasteiger partial charge in [-0.15, -0.1) is 0 Å². The van der Waals surface area contributed by atoms with E-state index in [0.717, 1.165) is 5.56 Å². The summed E-state index contributed by atoms with van der Waals surface area (Å²) in [6.07, 6.45) is -5.23. The molecule has 0 aliphatic carbocycles. The topological polar surface area (TPSA) is 114 Å². The molecule has 1 aliphatic rings. The van der Waals surface area contributed by atoms with Crippen LogP contribution in [0.3, 0.4) is 0 Å². The second-order valence-corrected chi connectivity index (χ2v) is 7.03. The van der Waals surface area contributed by atoms with Crippen LogP contribution in [-0.4, -0.2) is 54.9 Å². The standard InChI is InChI=1S/C21H26O9/c1-11-6-8-16(9-7-11)18-20(28-14(4)24)21(29-15(5)25)19(27-13(3)23)17(30-18)10-26-12(2)22/h6-9,17-21H,10H2,1-5H3.